The van der Waals surface area contributed by atoms with Gasteiger partial charge in [-0.25, -0.2) is 4.39 Å². The molecule has 0 aliphatic heterocycles. The number of carbonyl (C=O) groups is 1. The second-order valence-corrected chi connectivity index (χ2v) is 6.17. The van der Waals surface area contributed by atoms with Crippen LogP contribution in [0.2, 0.25) is 4.34 Å². The topological polar surface area (TPSA) is 47.6 Å². The molecule has 0 saturated carbocycles. The highest BCUT2D eigenvalue weighted by Crippen LogP contribution is 2.28. The van der Waals surface area contributed by atoms with Crippen LogP contribution in [0.5, 0.6) is 5.75 Å². The van der Waals surface area contributed by atoms with Gasteiger partial charge in [-0.1, -0.05) is 11.6 Å². The summed E-state index contributed by atoms with van der Waals surface area (Å²) in [5, 5.41) is 2.71. The average Bonchev–Trinajstić information content (AvgIpc) is 2.94. The van der Waals surface area contributed by atoms with Crippen molar-refractivity contribution in [2.75, 3.05) is 20.8 Å². The van der Waals surface area contributed by atoms with E-state index in [0.29, 0.717) is 4.34 Å². The second kappa shape index (κ2) is 7.58. The molecule has 0 radical (unpaired) electrons. The fourth-order valence-electron chi connectivity index (χ4n) is 1.90. The van der Waals surface area contributed by atoms with Crippen LogP contribution in [0.3, 0.4) is 0 Å². The van der Waals surface area contributed by atoms with Crippen molar-refractivity contribution < 1.29 is 18.7 Å². The molecule has 7 heteroatoms. The molecule has 1 amide bonds. The highest BCUT2D eigenvalue weighted by Gasteiger charge is 2.16. The maximum absolute atomic E-state index is 13.6. The zero-order valence-electron chi connectivity index (χ0n) is 12.1. The first kappa shape index (κ1) is 16.7. The first-order valence-corrected chi connectivity index (χ1v) is 7.64. The summed E-state index contributed by atoms with van der Waals surface area (Å²) in [7, 11) is 2.92. The zero-order valence-corrected chi connectivity index (χ0v) is 13.6. The summed E-state index contributed by atoms with van der Waals surface area (Å²) in [6.45, 7) is 0.264. The van der Waals surface area contributed by atoms with Crippen LogP contribution in [0.4, 0.5) is 4.39 Å². The quantitative estimate of drug-likeness (QED) is 0.870. The van der Waals surface area contributed by atoms with E-state index in [2.05, 4.69) is 5.32 Å². The minimum Gasteiger partial charge on any atom is -0.494 e. The number of methoxy groups -OCH3 is 2. The van der Waals surface area contributed by atoms with Gasteiger partial charge in [0.05, 0.1) is 11.4 Å². The monoisotopic (exact) mass is 343 g/mol. The highest BCUT2D eigenvalue weighted by molar-refractivity contribution is 7.16. The van der Waals surface area contributed by atoms with Crippen LogP contribution in [0.15, 0.2) is 30.3 Å². The Labute approximate surface area is 136 Å². The molecule has 2 aromatic rings. The SMILES string of the molecule is COc1ccc(C(=O)NCC(OC)c2ccc(Cl)s2)cc1F. The van der Waals surface area contributed by atoms with Crippen LogP contribution >= 0.6 is 22.9 Å². The van der Waals surface area contributed by atoms with E-state index in [9.17, 15) is 9.18 Å². The number of rotatable bonds is 6. The van der Waals surface area contributed by atoms with Crippen molar-refractivity contribution in [2.24, 2.45) is 0 Å². The average molecular weight is 344 g/mol. The van der Waals surface area contributed by atoms with E-state index in [1.54, 1.807) is 13.2 Å². The van der Waals surface area contributed by atoms with Crippen LogP contribution in [0.1, 0.15) is 21.3 Å². The third kappa shape index (κ3) is 3.97. The number of ether oxygens (including phenoxy) is 2. The Hall–Kier alpha value is -1.63. The number of nitrogens with one attached hydrogen (secondary N) is 1. The lowest BCUT2D eigenvalue weighted by Crippen LogP contribution is -2.28. The van der Waals surface area contributed by atoms with Gasteiger partial charge < -0.3 is 14.8 Å². The van der Waals surface area contributed by atoms with Gasteiger partial charge in [0, 0.05) is 24.1 Å². The van der Waals surface area contributed by atoms with E-state index in [0.717, 1.165) is 10.9 Å². The van der Waals surface area contributed by atoms with E-state index >= 15 is 0 Å². The van der Waals surface area contributed by atoms with Gasteiger partial charge in [0.2, 0.25) is 0 Å². The van der Waals surface area contributed by atoms with Gasteiger partial charge in [-0.2, -0.15) is 0 Å². The van der Waals surface area contributed by atoms with Gasteiger partial charge in [0.1, 0.15) is 6.10 Å². The van der Waals surface area contributed by atoms with E-state index in [4.69, 9.17) is 21.1 Å². The largest absolute Gasteiger partial charge is 0.494 e. The molecule has 1 aromatic heterocycles. The van der Waals surface area contributed by atoms with E-state index in [1.807, 2.05) is 6.07 Å². The predicted octanol–water partition coefficient (Wildman–Crippen LogP) is 3.67. The molecule has 0 aliphatic rings. The van der Waals surface area contributed by atoms with Crippen molar-refractivity contribution in [1.82, 2.24) is 5.32 Å². The number of thiophene rings is 1. The normalized spacial score (nSPS) is 12.0. The maximum atomic E-state index is 13.6. The number of halogens is 2. The minimum atomic E-state index is -0.580. The Balaban J connectivity index is 2.01. The number of carbonyl (C=O) groups excluding carboxylic acids is 1. The lowest BCUT2D eigenvalue weighted by molar-refractivity contribution is 0.0837. The van der Waals surface area contributed by atoms with E-state index in [-0.39, 0.29) is 29.9 Å². The summed E-state index contributed by atoms with van der Waals surface area (Å²) >= 11 is 7.28. The Kier molecular flexibility index (Phi) is 5.76. The molecule has 1 N–H and O–H groups in total. The van der Waals surface area contributed by atoms with Crippen LogP contribution in [0.25, 0.3) is 0 Å². The lowest BCUT2D eigenvalue weighted by Gasteiger charge is -2.14. The van der Waals surface area contributed by atoms with Crippen molar-refractivity contribution in [3.8, 4) is 5.75 Å². The Morgan fingerprint density at radius 2 is 2.14 bits per heavy atom. The molecule has 0 fully saturated rings. The number of hydrogen-bond acceptors (Lipinski definition) is 4. The molecule has 2 rings (SSSR count). The number of hydrogen-bond donors (Lipinski definition) is 1. The molecule has 4 nitrogen and oxygen atoms in total. The molecule has 0 spiro atoms. The van der Waals surface area contributed by atoms with Crippen molar-refractivity contribution in [3.63, 3.8) is 0 Å². The number of benzene rings is 1. The molecular formula is C15H15ClFNO3S. The Bertz CT molecular complexity index is 662. The summed E-state index contributed by atoms with van der Waals surface area (Å²) in [6.07, 6.45) is -0.301. The molecule has 0 aliphatic carbocycles. The van der Waals surface area contributed by atoms with Crippen LogP contribution in [0, 0.1) is 5.82 Å². The van der Waals surface area contributed by atoms with Gasteiger partial charge in [-0.15, -0.1) is 11.3 Å². The van der Waals surface area contributed by atoms with Gasteiger partial charge >= 0.3 is 0 Å². The predicted molar refractivity (Wildman–Crippen MR) is 84.4 cm³/mol. The molecule has 1 atom stereocenters. The first-order valence-electron chi connectivity index (χ1n) is 6.45. The highest BCUT2D eigenvalue weighted by atomic mass is 35.5. The molecule has 118 valence electrons. The van der Waals surface area contributed by atoms with Gasteiger partial charge in [0.25, 0.3) is 5.91 Å². The van der Waals surface area contributed by atoms with Crippen molar-refractivity contribution >= 4 is 28.8 Å². The molecule has 1 aromatic carbocycles. The minimum absolute atomic E-state index is 0.0968. The van der Waals surface area contributed by atoms with Gasteiger partial charge in [-0.3, -0.25) is 4.79 Å². The summed E-state index contributed by atoms with van der Waals surface area (Å²) < 4.78 is 24.4. The fraction of sp³-hybridized carbons (Fsp3) is 0.267. The molecule has 1 unspecified atom stereocenters. The fourth-order valence-corrected chi connectivity index (χ4v) is 3.04. The van der Waals surface area contributed by atoms with Crippen LogP contribution in [-0.2, 0) is 4.74 Å². The van der Waals surface area contributed by atoms with Crippen molar-refractivity contribution in [2.45, 2.75) is 6.10 Å². The molecule has 0 saturated heterocycles. The van der Waals surface area contributed by atoms with E-state index < -0.39 is 5.82 Å². The van der Waals surface area contributed by atoms with E-state index in [1.165, 1.54) is 30.6 Å². The van der Waals surface area contributed by atoms with Crippen LogP contribution < -0.4 is 10.1 Å². The van der Waals surface area contributed by atoms with Crippen LogP contribution in [-0.4, -0.2) is 26.7 Å². The summed E-state index contributed by atoms with van der Waals surface area (Å²) in [4.78, 5) is 13.0. The molecule has 0 bridgehead atoms. The maximum Gasteiger partial charge on any atom is 0.251 e. The smallest absolute Gasteiger partial charge is 0.251 e. The lowest BCUT2D eigenvalue weighted by atomic mass is 10.2. The standard InChI is InChI=1S/C15H15ClFNO3S/c1-20-11-4-3-9(7-10(11)17)15(19)18-8-12(21-2)13-5-6-14(16)22-13/h3-7,12H,8H2,1-2H3,(H,18,19). The Morgan fingerprint density at radius 1 is 1.36 bits per heavy atom. The van der Waals surface area contributed by atoms with Gasteiger partial charge in [-0.05, 0) is 30.3 Å². The number of amides is 1. The second-order valence-electron chi connectivity index (χ2n) is 4.43. The van der Waals surface area contributed by atoms with Crippen molar-refractivity contribution in [1.29, 1.82) is 0 Å². The van der Waals surface area contributed by atoms with Gasteiger partial charge in [0.15, 0.2) is 11.6 Å². The molecule has 1 heterocycles. The summed E-state index contributed by atoms with van der Waals surface area (Å²) in [6, 6.07) is 7.67. The summed E-state index contributed by atoms with van der Waals surface area (Å²) in [5.41, 5.74) is 0.220. The zero-order chi connectivity index (χ0) is 16.1. The third-order valence-electron chi connectivity index (χ3n) is 3.06. The molecule has 22 heavy (non-hydrogen) atoms. The molecular weight excluding hydrogens is 329 g/mol. The third-order valence-corrected chi connectivity index (χ3v) is 4.38. The first-order chi connectivity index (χ1) is 10.5. The van der Waals surface area contributed by atoms with Crippen molar-refractivity contribution in [3.05, 3.63) is 50.9 Å². The summed E-state index contributed by atoms with van der Waals surface area (Å²) in [5.74, 6) is -0.866. The Morgan fingerprint density at radius 3 is 2.68 bits per heavy atom.